The number of nitrogens with two attached hydrogens (primary N) is 1. The lowest BCUT2D eigenvalue weighted by atomic mass is 10.2. The second-order valence-corrected chi connectivity index (χ2v) is 5.12. The molecule has 0 aromatic heterocycles. The van der Waals surface area contributed by atoms with E-state index in [0.29, 0.717) is 6.04 Å². The molecule has 1 saturated heterocycles. The third kappa shape index (κ3) is 5.17. The molecule has 5 heteroatoms. The zero-order valence-electron chi connectivity index (χ0n) is 9.91. The van der Waals surface area contributed by atoms with Crippen molar-refractivity contribution in [1.82, 2.24) is 15.3 Å². The number of hydrogen-bond donors (Lipinski definition) is 2. The van der Waals surface area contributed by atoms with Crippen molar-refractivity contribution in [1.29, 1.82) is 0 Å². The molecule has 1 heterocycles. The van der Waals surface area contributed by atoms with Gasteiger partial charge in [-0.25, -0.2) is 5.01 Å². The minimum absolute atomic E-state index is 0.445. The topological polar surface area (TPSA) is 44.5 Å². The summed E-state index contributed by atoms with van der Waals surface area (Å²) in [5.74, 6) is 1.18. The van der Waals surface area contributed by atoms with Crippen LogP contribution in [0, 0.1) is 0 Å². The van der Waals surface area contributed by atoms with Gasteiger partial charge in [0.05, 0.1) is 0 Å². The fourth-order valence-electron chi connectivity index (χ4n) is 1.69. The maximum absolute atomic E-state index is 5.75. The highest BCUT2D eigenvalue weighted by Crippen LogP contribution is 2.02. The number of likely N-dealkylation sites (N-methyl/N-ethyl adjacent to an activating group) is 1. The second-order valence-electron chi connectivity index (χ2n) is 4.13. The summed E-state index contributed by atoms with van der Waals surface area (Å²) in [4.78, 5) is 2.36. The van der Waals surface area contributed by atoms with E-state index in [-0.39, 0.29) is 0 Å². The van der Waals surface area contributed by atoms with Gasteiger partial charge in [0.15, 0.2) is 0 Å². The van der Waals surface area contributed by atoms with Gasteiger partial charge < -0.3 is 10.6 Å². The van der Waals surface area contributed by atoms with Crippen LogP contribution in [0.15, 0.2) is 0 Å². The highest BCUT2D eigenvalue weighted by atomic mass is 32.2. The first-order valence-electron chi connectivity index (χ1n) is 5.65. The smallest absolute Gasteiger partial charge is 0.0345 e. The van der Waals surface area contributed by atoms with Gasteiger partial charge >= 0.3 is 0 Å². The molecule has 0 saturated carbocycles. The van der Waals surface area contributed by atoms with Crippen LogP contribution in [0.4, 0.5) is 0 Å². The molecule has 15 heavy (non-hydrogen) atoms. The van der Waals surface area contributed by atoms with Crippen LogP contribution in [0.25, 0.3) is 0 Å². The van der Waals surface area contributed by atoms with Gasteiger partial charge in [-0.2, -0.15) is 11.8 Å². The fourth-order valence-corrected chi connectivity index (χ4v) is 2.21. The molecule has 0 aromatic carbocycles. The second kappa shape index (κ2) is 7.46. The Morgan fingerprint density at radius 2 is 2.00 bits per heavy atom. The summed E-state index contributed by atoms with van der Waals surface area (Å²) in [7, 11) is 2.17. The fraction of sp³-hybridized carbons (Fsp3) is 1.00. The predicted octanol–water partition coefficient (Wildman–Crippen LogP) is -0.181. The maximum atomic E-state index is 5.75. The number of nitrogens with one attached hydrogen (secondary N) is 1. The van der Waals surface area contributed by atoms with Gasteiger partial charge in [0.1, 0.15) is 0 Å². The molecular weight excluding hydrogens is 208 g/mol. The summed E-state index contributed by atoms with van der Waals surface area (Å²) in [5, 5.41) is 2.32. The highest BCUT2D eigenvalue weighted by Gasteiger charge is 2.16. The van der Waals surface area contributed by atoms with Gasteiger partial charge in [-0.05, 0) is 25.5 Å². The largest absolute Gasteiger partial charge is 0.329 e. The minimum Gasteiger partial charge on any atom is -0.329 e. The van der Waals surface area contributed by atoms with E-state index < -0.39 is 0 Å². The van der Waals surface area contributed by atoms with Crippen LogP contribution in [-0.4, -0.2) is 67.7 Å². The Morgan fingerprint density at radius 1 is 1.33 bits per heavy atom. The van der Waals surface area contributed by atoms with Crippen molar-refractivity contribution in [3.8, 4) is 0 Å². The van der Waals surface area contributed by atoms with E-state index in [9.17, 15) is 0 Å². The molecule has 1 aliphatic rings. The number of nitrogens with zero attached hydrogens (tertiary/aromatic N) is 2. The standard InChI is InChI=1S/C10H24N4S/c1-13-4-6-14(7-5-13)12-10(9-11)3-8-15-2/h10,12H,3-9,11H2,1-2H3. The zero-order chi connectivity index (χ0) is 11.1. The molecule has 0 bridgehead atoms. The van der Waals surface area contributed by atoms with Crippen molar-refractivity contribution in [2.45, 2.75) is 12.5 Å². The third-order valence-electron chi connectivity index (χ3n) is 2.82. The molecule has 0 aromatic rings. The summed E-state index contributed by atoms with van der Waals surface area (Å²) < 4.78 is 0. The van der Waals surface area contributed by atoms with Crippen molar-refractivity contribution in [3.63, 3.8) is 0 Å². The monoisotopic (exact) mass is 232 g/mol. The first-order valence-corrected chi connectivity index (χ1v) is 7.04. The van der Waals surface area contributed by atoms with Crippen LogP contribution < -0.4 is 11.2 Å². The number of hydrogen-bond acceptors (Lipinski definition) is 5. The quantitative estimate of drug-likeness (QED) is 0.665. The molecule has 0 amide bonds. The van der Waals surface area contributed by atoms with Crippen molar-refractivity contribution in [3.05, 3.63) is 0 Å². The minimum atomic E-state index is 0.445. The van der Waals surface area contributed by atoms with Crippen LogP contribution in [0.5, 0.6) is 0 Å². The highest BCUT2D eigenvalue weighted by molar-refractivity contribution is 7.98. The lowest BCUT2D eigenvalue weighted by molar-refractivity contribution is 0.0875. The predicted molar refractivity (Wildman–Crippen MR) is 68.0 cm³/mol. The Labute approximate surface area is 97.5 Å². The number of rotatable bonds is 6. The summed E-state index contributed by atoms with van der Waals surface area (Å²) >= 11 is 1.89. The Morgan fingerprint density at radius 3 is 2.53 bits per heavy atom. The molecular formula is C10H24N4S. The zero-order valence-corrected chi connectivity index (χ0v) is 10.7. The van der Waals surface area contributed by atoms with E-state index in [0.717, 1.165) is 39.1 Å². The van der Waals surface area contributed by atoms with Gasteiger partial charge in [0.25, 0.3) is 0 Å². The van der Waals surface area contributed by atoms with Crippen LogP contribution in [0.2, 0.25) is 0 Å². The molecule has 1 rings (SSSR count). The summed E-state index contributed by atoms with van der Waals surface area (Å²) in [5.41, 5.74) is 9.28. The van der Waals surface area contributed by atoms with E-state index in [1.165, 1.54) is 5.75 Å². The number of hydrazine groups is 1. The Balaban J connectivity index is 2.19. The van der Waals surface area contributed by atoms with E-state index in [1.54, 1.807) is 0 Å². The van der Waals surface area contributed by atoms with E-state index in [2.05, 4.69) is 28.6 Å². The number of thioether (sulfide) groups is 1. The first kappa shape index (κ1) is 13.3. The molecule has 3 N–H and O–H groups in total. The van der Waals surface area contributed by atoms with Gasteiger partial charge in [-0.1, -0.05) is 0 Å². The molecule has 0 aliphatic carbocycles. The molecule has 1 aliphatic heterocycles. The molecule has 1 unspecified atom stereocenters. The number of piperazine rings is 1. The lowest BCUT2D eigenvalue weighted by Gasteiger charge is -2.35. The Hall–Kier alpha value is 0.190. The van der Waals surface area contributed by atoms with Gasteiger partial charge in [-0.3, -0.25) is 5.43 Å². The molecule has 0 spiro atoms. The van der Waals surface area contributed by atoms with E-state index >= 15 is 0 Å². The summed E-state index contributed by atoms with van der Waals surface area (Å²) in [6.07, 6.45) is 3.30. The average molecular weight is 232 g/mol. The summed E-state index contributed by atoms with van der Waals surface area (Å²) in [6.45, 7) is 5.23. The van der Waals surface area contributed by atoms with Crippen LogP contribution in [0.3, 0.4) is 0 Å². The lowest BCUT2D eigenvalue weighted by Crippen LogP contribution is -2.55. The van der Waals surface area contributed by atoms with E-state index in [1.807, 2.05) is 11.8 Å². The Kier molecular flexibility index (Phi) is 6.59. The van der Waals surface area contributed by atoms with Crippen LogP contribution in [-0.2, 0) is 0 Å². The normalized spacial score (nSPS) is 21.8. The van der Waals surface area contributed by atoms with Crippen molar-refractivity contribution >= 4 is 11.8 Å². The molecule has 1 atom stereocenters. The molecule has 4 nitrogen and oxygen atoms in total. The third-order valence-corrected chi connectivity index (χ3v) is 3.47. The molecule has 90 valence electrons. The Bertz CT molecular complexity index is 157. The molecule has 1 fully saturated rings. The van der Waals surface area contributed by atoms with Crippen LogP contribution in [0.1, 0.15) is 6.42 Å². The van der Waals surface area contributed by atoms with Gasteiger partial charge in [0.2, 0.25) is 0 Å². The van der Waals surface area contributed by atoms with E-state index in [4.69, 9.17) is 5.73 Å². The summed E-state index contributed by atoms with van der Waals surface area (Å²) in [6, 6.07) is 0.445. The van der Waals surface area contributed by atoms with Gasteiger partial charge in [-0.15, -0.1) is 0 Å². The average Bonchev–Trinajstić information content (AvgIpc) is 2.27. The molecule has 0 radical (unpaired) electrons. The van der Waals surface area contributed by atoms with Crippen molar-refractivity contribution in [2.24, 2.45) is 5.73 Å². The van der Waals surface area contributed by atoms with Crippen LogP contribution >= 0.6 is 11.8 Å². The van der Waals surface area contributed by atoms with Gasteiger partial charge in [0, 0.05) is 38.8 Å². The van der Waals surface area contributed by atoms with Crippen molar-refractivity contribution < 1.29 is 0 Å². The first-order chi connectivity index (χ1) is 7.26. The van der Waals surface area contributed by atoms with Crippen molar-refractivity contribution in [2.75, 3.05) is 51.8 Å². The SMILES string of the molecule is CSCCC(CN)NN1CCN(C)CC1. The maximum Gasteiger partial charge on any atom is 0.0345 e.